The average Bonchev–Trinajstić information content (AvgIpc) is 2.80. The smallest absolute Gasteiger partial charge is 0.328 e. The van der Waals surface area contributed by atoms with Crippen LogP contribution in [-0.2, 0) is 9.53 Å². The van der Waals surface area contributed by atoms with Gasteiger partial charge in [-0.25, -0.2) is 4.79 Å². The predicted octanol–water partition coefficient (Wildman–Crippen LogP) is 2.28. The van der Waals surface area contributed by atoms with Crippen molar-refractivity contribution < 1.29 is 9.53 Å². The van der Waals surface area contributed by atoms with E-state index >= 15 is 0 Å². The van der Waals surface area contributed by atoms with Crippen LogP contribution in [0, 0.1) is 0 Å². The van der Waals surface area contributed by atoms with Crippen LogP contribution in [0.3, 0.4) is 0 Å². The summed E-state index contributed by atoms with van der Waals surface area (Å²) in [6.45, 7) is 5.83. The lowest BCUT2D eigenvalue weighted by Crippen LogP contribution is -2.41. The first-order valence-corrected chi connectivity index (χ1v) is 7.45. The van der Waals surface area contributed by atoms with Crippen molar-refractivity contribution in [3.63, 3.8) is 0 Å². The number of rotatable bonds is 6. The number of esters is 1. The molecule has 1 aliphatic rings. The van der Waals surface area contributed by atoms with Gasteiger partial charge >= 0.3 is 5.97 Å². The number of hydrogen-bond acceptors (Lipinski definition) is 4. The normalized spacial score (nSPS) is 18.8. The summed E-state index contributed by atoms with van der Waals surface area (Å²) in [5, 5.41) is 0. The Labute approximate surface area is 120 Å². The Morgan fingerprint density at radius 2 is 2.20 bits per heavy atom. The lowest BCUT2D eigenvalue weighted by Gasteiger charge is -2.28. The zero-order valence-corrected chi connectivity index (χ0v) is 12.3. The van der Waals surface area contributed by atoms with Crippen molar-refractivity contribution in [2.75, 3.05) is 24.6 Å². The summed E-state index contributed by atoms with van der Waals surface area (Å²) in [4.78, 5) is 14.3. The van der Waals surface area contributed by atoms with E-state index in [2.05, 4.69) is 23.1 Å². The lowest BCUT2D eigenvalue weighted by molar-refractivity contribution is -0.144. The first-order valence-electron chi connectivity index (χ1n) is 7.45. The summed E-state index contributed by atoms with van der Waals surface area (Å²) in [6, 6.07) is 8.12. The Morgan fingerprint density at radius 3 is 2.85 bits per heavy atom. The van der Waals surface area contributed by atoms with E-state index in [0.717, 1.165) is 25.1 Å². The number of benzene rings is 1. The Morgan fingerprint density at radius 1 is 1.45 bits per heavy atom. The van der Waals surface area contributed by atoms with Gasteiger partial charge in [-0.3, -0.25) is 0 Å². The summed E-state index contributed by atoms with van der Waals surface area (Å²) in [5.74, 6) is 0.290. The van der Waals surface area contributed by atoms with Crippen molar-refractivity contribution >= 4 is 11.7 Å². The van der Waals surface area contributed by atoms with Crippen LogP contribution in [0.2, 0.25) is 0 Å². The van der Waals surface area contributed by atoms with Crippen molar-refractivity contribution in [1.82, 2.24) is 0 Å². The van der Waals surface area contributed by atoms with Gasteiger partial charge in [-0.15, -0.1) is 0 Å². The number of ether oxygens (including phenoxy) is 1. The minimum absolute atomic E-state index is 0.127. The Kier molecular flexibility index (Phi) is 5.01. The minimum Gasteiger partial charge on any atom is -0.464 e. The van der Waals surface area contributed by atoms with E-state index in [-0.39, 0.29) is 12.0 Å². The molecule has 1 aromatic rings. The first kappa shape index (κ1) is 14.9. The summed E-state index contributed by atoms with van der Waals surface area (Å²) >= 11 is 0. The van der Waals surface area contributed by atoms with Crippen LogP contribution in [0.5, 0.6) is 0 Å². The van der Waals surface area contributed by atoms with E-state index < -0.39 is 0 Å². The Bertz CT molecular complexity index is 462. The number of para-hydroxylation sites is 1. The second kappa shape index (κ2) is 6.75. The van der Waals surface area contributed by atoms with Gasteiger partial charge in [0.2, 0.25) is 0 Å². The third-order valence-corrected chi connectivity index (χ3v) is 3.94. The van der Waals surface area contributed by atoms with Gasteiger partial charge in [0, 0.05) is 18.2 Å². The first-order chi connectivity index (χ1) is 9.72. The topological polar surface area (TPSA) is 55.6 Å². The largest absolute Gasteiger partial charge is 0.464 e. The molecule has 1 heterocycles. The molecule has 2 unspecified atom stereocenters. The second-order valence-corrected chi connectivity index (χ2v) is 5.16. The van der Waals surface area contributed by atoms with Gasteiger partial charge in [-0.2, -0.15) is 0 Å². The number of carbonyl (C=O) groups is 1. The monoisotopic (exact) mass is 276 g/mol. The number of carbonyl (C=O) groups excluding carboxylic acids is 1. The molecule has 0 aliphatic carbocycles. The maximum atomic E-state index is 12.1. The summed E-state index contributed by atoms with van der Waals surface area (Å²) in [6.07, 6.45) is 1.70. The maximum Gasteiger partial charge on any atom is 0.328 e. The van der Waals surface area contributed by atoms with Gasteiger partial charge in [-0.1, -0.05) is 25.1 Å². The zero-order chi connectivity index (χ0) is 14.5. The van der Waals surface area contributed by atoms with Crippen molar-refractivity contribution in [1.29, 1.82) is 0 Å². The fraction of sp³-hybridized carbons (Fsp3) is 0.562. The molecule has 0 radical (unpaired) electrons. The van der Waals surface area contributed by atoms with Crippen LogP contribution in [-0.4, -0.2) is 31.7 Å². The van der Waals surface area contributed by atoms with Crippen molar-refractivity contribution in [3.8, 4) is 0 Å². The van der Waals surface area contributed by atoms with Crippen LogP contribution in [0.4, 0.5) is 5.69 Å². The van der Waals surface area contributed by atoms with E-state index in [1.54, 1.807) is 0 Å². The van der Waals surface area contributed by atoms with Crippen LogP contribution < -0.4 is 10.6 Å². The van der Waals surface area contributed by atoms with Gasteiger partial charge in [0.05, 0.1) is 6.61 Å². The molecule has 2 N–H and O–H groups in total. The summed E-state index contributed by atoms with van der Waals surface area (Å²) in [5.41, 5.74) is 8.18. The SMILES string of the molecule is CCOC(=O)C(CC)N1CC(CCN)c2ccccc21. The molecule has 0 saturated heterocycles. The molecule has 20 heavy (non-hydrogen) atoms. The molecule has 0 fully saturated rings. The third-order valence-electron chi connectivity index (χ3n) is 3.94. The van der Waals surface area contributed by atoms with Gasteiger partial charge in [0.25, 0.3) is 0 Å². The number of hydrogen-bond donors (Lipinski definition) is 1. The van der Waals surface area contributed by atoms with Crippen molar-refractivity contribution in [3.05, 3.63) is 29.8 Å². The molecule has 0 spiro atoms. The van der Waals surface area contributed by atoms with E-state index in [1.165, 1.54) is 5.56 Å². The fourth-order valence-electron chi connectivity index (χ4n) is 3.02. The van der Waals surface area contributed by atoms with Gasteiger partial charge < -0.3 is 15.4 Å². The highest BCUT2D eigenvalue weighted by atomic mass is 16.5. The minimum atomic E-state index is -0.195. The highest BCUT2D eigenvalue weighted by Crippen LogP contribution is 2.39. The van der Waals surface area contributed by atoms with Gasteiger partial charge in [0.15, 0.2) is 0 Å². The number of nitrogens with zero attached hydrogens (tertiary/aromatic N) is 1. The molecular weight excluding hydrogens is 252 g/mol. The second-order valence-electron chi connectivity index (χ2n) is 5.16. The van der Waals surface area contributed by atoms with Crippen LogP contribution in [0.25, 0.3) is 0 Å². The van der Waals surface area contributed by atoms with Crippen molar-refractivity contribution in [2.45, 2.75) is 38.6 Å². The molecule has 0 saturated carbocycles. The van der Waals surface area contributed by atoms with Crippen LogP contribution >= 0.6 is 0 Å². The Balaban J connectivity index is 2.26. The number of nitrogens with two attached hydrogens (primary N) is 1. The highest BCUT2D eigenvalue weighted by molar-refractivity contribution is 5.81. The third kappa shape index (κ3) is 2.80. The molecule has 0 aromatic heterocycles. The summed E-state index contributed by atoms with van der Waals surface area (Å²) in [7, 11) is 0. The quantitative estimate of drug-likeness (QED) is 0.810. The van der Waals surface area contributed by atoms with Gasteiger partial charge in [0.1, 0.15) is 6.04 Å². The van der Waals surface area contributed by atoms with E-state index in [0.29, 0.717) is 19.1 Å². The molecule has 0 amide bonds. The molecule has 2 atom stereocenters. The molecule has 1 aromatic carbocycles. The fourth-order valence-corrected chi connectivity index (χ4v) is 3.02. The van der Waals surface area contributed by atoms with Crippen LogP contribution in [0.15, 0.2) is 24.3 Å². The Hall–Kier alpha value is -1.55. The van der Waals surface area contributed by atoms with E-state index in [4.69, 9.17) is 10.5 Å². The number of fused-ring (bicyclic) bond motifs is 1. The van der Waals surface area contributed by atoms with E-state index in [9.17, 15) is 4.79 Å². The molecular formula is C16H24N2O2. The standard InChI is InChI=1S/C16H24N2O2/c1-3-14(16(19)20-4-2)18-11-12(9-10-17)13-7-5-6-8-15(13)18/h5-8,12,14H,3-4,9-11,17H2,1-2H3. The van der Waals surface area contributed by atoms with Crippen molar-refractivity contribution in [2.24, 2.45) is 5.73 Å². The maximum absolute atomic E-state index is 12.1. The van der Waals surface area contributed by atoms with Crippen LogP contribution in [0.1, 0.15) is 38.2 Å². The highest BCUT2D eigenvalue weighted by Gasteiger charge is 2.35. The van der Waals surface area contributed by atoms with E-state index in [1.807, 2.05) is 19.9 Å². The molecule has 110 valence electrons. The molecule has 4 heteroatoms. The zero-order valence-electron chi connectivity index (χ0n) is 12.3. The summed E-state index contributed by atoms with van der Waals surface area (Å²) < 4.78 is 5.21. The number of anilines is 1. The predicted molar refractivity (Wildman–Crippen MR) is 80.9 cm³/mol. The molecule has 2 rings (SSSR count). The molecule has 1 aliphatic heterocycles. The lowest BCUT2D eigenvalue weighted by atomic mass is 9.98. The molecule has 4 nitrogen and oxygen atoms in total. The van der Waals surface area contributed by atoms with Gasteiger partial charge in [-0.05, 0) is 37.9 Å². The molecule has 0 bridgehead atoms. The average molecular weight is 276 g/mol.